The quantitative estimate of drug-likeness (QED) is 0.135. The Kier molecular flexibility index (Phi) is 14.1. The van der Waals surface area contributed by atoms with E-state index in [0.717, 1.165) is 29.2 Å². The third-order valence-electron chi connectivity index (χ3n) is 6.06. The van der Waals surface area contributed by atoms with E-state index in [2.05, 4.69) is 105 Å². The molecule has 0 radical (unpaired) electrons. The van der Waals surface area contributed by atoms with E-state index in [1.807, 2.05) is 50.2 Å². The number of hydrogen-bond donors (Lipinski definition) is 2. The van der Waals surface area contributed by atoms with Crippen LogP contribution in [0.25, 0.3) is 16.8 Å². The molecule has 0 bridgehead atoms. The Balaban J connectivity index is 0.000000268. The Morgan fingerprint density at radius 2 is 1.27 bits per heavy atom. The maximum Gasteiger partial charge on any atom is 0.108 e. The van der Waals surface area contributed by atoms with Gasteiger partial charge in [0.15, 0.2) is 0 Å². The summed E-state index contributed by atoms with van der Waals surface area (Å²) in [4.78, 5) is 0. The van der Waals surface area contributed by atoms with Gasteiger partial charge in [-0.2, -0.15) is 0 Å². The third kappa shape index (κ3) is 11.0. The lowest BCUT2D eigenvalue weighted by Gasteiger charge is -2.09. The lowest BCUT2D eigenvalue weighted by atomic mass is 9.98. The monoisotopic (exact) mass is 529 g/mol. The summed E-state index contributed by atoms with van der Waals surface area (Å²) in [5, 5.41) is 11.3. The minimum absolute atomic E-state index is 0.0164. The average Bonchev–Trinajstić information content (AvgIpc) is 3.00. The molecule has 0 unspecified atom stereocenters. The Morgan fingerprint density at radius 1 is 0.725 bits per heavy atom. The van der Waals surface area contributed by atoms with E-state index >= 15 is 0 Å². The Morgan fingerprint density at radius 3 is 1.75 bits per heavy atom. The summed E-state index contributed by atoms with van der Waals surface area (Å²) < 4.78 is 0. The molecule has 0 aliphatic heterocycles. The number of nitrogen functional groups attached to an aromatic ring is 1. The van der Waals surface area contributed by atoms with E-state index in [0.29, 0.717) is 5.69 Å². The highest BCUT2D eigenvalue weighted by molar-refractivity contribution is 5.97. The van der Waals surface area contributed by atoms with Gasteiger partial charge in [0.2, 0.25) is 0 Å². The minimum Gasteiger partial charge on any atom is -0.509 e. The van der Waals surface area contributed by atoms with Crippen LogP contribution in [0.4, 0.5) is 5.69 Å². The van der Waals surface area contributed by atoms with Gasteiger partial charge in [0, 0.05) is 11.1 Å². The second-order valence-electron chi connectivity index (χ2n) is 9.10. The zero-order valence-electron chi connectivity index (χ0n) is 24.3. The Hall–Kier alpha value is -4.56. The third-order valence-corrected chi connectivity index (χ3v) is 6.06. The van der Waals surface area contributed by atoms with Crippen LogP contribution in [-0.4, -0.2) is 5.11 Å². The van der Waals surface area contributed by atoms with Crippen molar-refractivity contribution in [1.29, 1.82) is 0 Å². The highest BCUT2D eigenvalue weighted by Crippen LogP contribution is 2.27. The van der Waals surface area contributed by atoms with E-state index in [4.69, 9.17) is 5.73 Å². The van der Waals surface area contributed by atoms with Gasteiger partial charge in [0.1, 0.15) is 5.76 Å². The summed E-state index contributed by atoms with van der Waals surface area (Å²) in [5.41, 5.74) is 13.1. The van der Waals surface area contributed by atoms with Gasteiger partial charge in [-0.05, 0) is 59.6 Å². The summed E-state index contributed by atoms with van der Waals surface area (Å²) in [7, 11) is 0. The van der Waals surface area contributed by atoms with Crippen molar-refractivity contribution in [2.45, 2.75) is 40.5 Å². The van der Waals surface area contributed by atoms with Crippen molar-refractivity contribution < 1.29 is 5.11 Å². The summed E-state index contributed by atoms with van der Waals surface area (Å²) in [6.07, 6.45) is 5.36. The first kappa shape index (κ1) is 31.7. The van der Waals surface area contributed by atoms with E-state index in [-0.39, 0.29) is 5.76 Å². The number of benzene rings is 5. The SMILES string of the molecule is C=C(O)/C=C\c1ccc2cc(Cc3ccccc3)ccc2c1N.CC.CCc1ccccc1.Cc1ccccc1. The molecule has 40 heavy (non-hydrogen) atoms. The van der Waals surface area contributed by atoms with Gasteiger partial charge in [-0.3, -0.25) is 0 Å². The molecule has 3 N–H and O–H groups in total. The van der Waals surface area contributed by atoms with Gasteiger partial charge >= 0.3 is 0 Å². The standard InChI is InChI=1S/C21H19NO.C8H10.C7H8.C2H6/c1-15(23)7-9-18-10-11-19-14-17(8-12-20(19)21(18)22)13-16-5-3-2-4-6-16;1-2-8-6-4-3-5-7-8;1-7-5-3-2-4-6-7;1-2/h2-12,14,23H,1,13,22H2;3-7H,2H2,1H3;2-6H,1H3;1-2H3/b9-7-;;;. The number of nitrogens with two attached hydrogens (primary N) is 1. The van der Waals surface area contributed by atoms with E-state index in [1.54, 1.807) is 12.2 Å². The maximum atomic E-state index is 9.17. The number of aliphatic hydroxyl groups is 1. The van der Waals surface area contributed by atoms with Crippen molar-refractivity contribution >= 4 is 22.5 Å². The molecule has 206 valence electrons. The molecule has 2 nitrogen and oxygen atoms in total. The van der Waals surface area contributed by atoms with Gasteiger partial charge in [0.25, 0.3) is 0 Å². The van der Waals surface area contributed by atoms with Crippen molar-refractivity contribution in [2.75, 3.05) is 5.73 Å². The van der Waals surface area contributed by atoms with Crippen LogP contribution in [0.5, 0.6) is 0 Å². The lowest BCUT2D eigenvalue weighted by Crippen LogP contribution is -1.93. The molecule has 5 aromatic carbocycles. The van der Waals surface area contributed by atoms with Crippen molar-refractivity contribution in [3.8, 4) is 0 Å². The van der Waals surface area contributed by atoms with E-state index in [9.17, 15) is 5.11 Å². The number of anilines is 1. The first-order chi connectivity index (χ1) is 19.5. The Bertz CT molecular complexity index is 1440. The summed E-state index contributed by atoms with van der Waals surface area (Å²) >= 11 is 0. The van der Waals surface area contributed by atoms with Crippen LogP contribution < -0.4 is 5.73 Å². The molecule has 0 fully saturated rings. The molecule has 0 aromatic heterocycles. The predicted octanol–water partition coefficient (Wildman–Crippen LogP) is 10.4. The first-order valence-corrected chi connectivity index (χ1v) is 13.9. The van der Waals surface area contributed by atoms with Crippen LogP contribution in [0.2, 0.25) is 0 Å². The Labute approximate surface area is 241 Å². The molecule has 5 rings (SSSR count). The van der Waals surface area contributed by atoms with E-state index in [1.165, 1.54) is 22.3 Å². The highest BCUT2D eigenvalue weighted by atomic mass is 16.3. The van der Waals surface area contributed by atoms with Gasteiger partial charge in [-0.1, -0.05) is 154 Å². The largest absolute Gasteiger partial charge is 0.509 e. The minimum atomic E-state index is 0.0164. The second kappa shape index (κ2) is 17.9. The molecule has 0 aliphatic rings. The van der Waals surface area contributed by atoms with Crippen LogP contribution in [-0.2, 0) is 12.8 Å². The normalized spacial score (nSPS) is 9.90. The number of rotatable bonds is 5. The highest BCUT2D eigenvalue weighted by Gasteiger charge is 2.04. The fourth-order valence-electron chi connectivity index (χ4n) is 3.94. The van der Waals surface area contributed by atoms with Gasteiger partial charge in [0.05, 0.1) is 0 Å². The van der Waals surface area contributed by atoms with Crippen LogP contribution in [0.3, 0.4) is 0 Å². The lowest BCUT2D eigenvalue weighted by molar-refractivity contribution is 0.436. The number of fused-ring (bicyclic) bond motifs is 1. The number of aryl methyl sites for hydroxylation is 2. The van der Waals surface area contributed by atoms with Crippen LogP contribution in [0.1, 0.15) is 48.6 Å². The van der Waals surface area contributed by atoms with Gasteiger partial charge in [-0.25, -0.2) is 0 Å². The summed E-state index contributed by atoms with van der Waals surface area (Å²) in [6.45, 7) is 11.7. The molecule has 0 heterocycles. The van der Waals surface area contributed by atoms with Crippen molar-refractivity contribution in [3.63, 3.8) is 0 Å². The fraction of sp³-hybridized carbons (Fsp3) is 0.158. The van der Waals surface area contributed by atoms with Crippen molar-refractivity contribution in [3.05, 3.63) is 168 Å². The fourth-order valence-corrected chi connectivity index (χ4v) is 3.94. The topological polar surface area (TPSA) is 46.2 Å². The number of allylic oxidation sites excluding steroid dienone is 1. The summed E-state index contributed by atoms with van der Waals surface area (Å²) in [5.74, 6) is 0.0164. The zero-order chi connectivity index (χ0) is 29.2. The maximum absolute atomic E-state index is 9.17. The number of aliphatic hydroxyl groups excluding tert-OH is 1. The molecular formula is C38H43NO. The molecule has 0 amide bonds. The van der Waals surface area contributed by atoms with Gasteiger partial charge in [-0.15, -0.1) is 0 Å². The average molecular weight is 530 g/mol. The number of hydrogen-bond acceptors (Lipinski definition) is 2. The van der Waals surface area contributed by atoms with Crippen LogP contribution in [0, 0.1) is 6.92 Å². The predicted molar refractivity (Wildman–Crippen MR) is 177 cm³/mol. The van der Waals surface area contributed by atoms with Crippen molar-refractivity contribution in [2.24, 2.45) is 0 Å². The molecular weight excluding hydrogens is 486 g/mol. The second-order valence-corrected chi connectivity index (χ2v) is 9.10. The van der Waals surface area contributed by atoms with Crippen LogP contribution in [0.15, 0.2) is 140 Å². The van der Waals surface area contributed by atoms with E-state index < -0.39 is 0 Å². The molecule has 0 atom stereocenters. The summed E-state index contributed by atoms with van der Waals surface area (Å²) in [6, 6.07) is 41.5. The molecule has 0 saturated carbocycles. The zero-order valence-corrected chi connectivity index (χ0v) is 24.3. The molecule has 2 heteroatoms. The molecule has 5 aromatic rings. The molecule has 0 saturated heterocycles. The molecule has 0 spiro atoms. The molecule has 0 aliphatic carbocycles. The first-order valence-electron chi connectivity index (χ1n) is 13.9. The van der Waals surface area contributed by atoms with Crippen LogP contribution >= 0.6 is 0 Å². The van der Waals surface area contributed by atoms with Gasteiger partial charge < -0.3 is 10.8 Å². The smallest absolute Gasteiger partial charge is 0.108 e. The van der Waals surface area contributed by atoms with Crippen molar-refractivity contribution in [1.82, 2.24) is 0 Å².